The van der Waals surface area contributed by atoms with E-state index in [9.17, 15) is 9.59 Å². The van der Waals surface area contributed by atoms with E-state index < -0.39 is 0 Å². The lowest BCUT2D eigenvalue weighted by atomic mass is 10.2. The molecule has 0 aliphatic rings. The van der Waals surface area contributed by atoms with E-state index in [0.717, 1.165) is 5.56 Å². The lowest BCUT2D eigenvalue weighted by Gasteiger charge is -2.09. The summed E-state index contributed by atoms with van der Waals surface area (Å²) in [5.41, 5.74) is 7.89. The minimum atomic E-state index is -0.240. The van der Waals surface area contributed by atoms with Crippen LogP contribution in [0.4, 0.5) is 17.2 Å². The number of hydrogen-bond donors (Lipinski definition) is 3. The van der Waals surface area contributed by atoms with Crippen molar-refractivity contribution in [1.29, 1.82) is 0 Å². The van der Waals surface area contributed by atoms with Gasteiger partial charge in [0, 0.05) is 17.4 Å². The van der Waals surface area contributed by atoms with Crippen LogP contribution in [0.5, 0.6) is 0 Å². The van der Waals surface area contributed by atoms with E-state index in [1.54, 1.807) is 25.1 Å². The summed E-state index contributed by atoms with van der Waals surface area (Å²) in [5, 5.41) is 9.03. The number of aryl methyl sites for hydroxylation is 2. The van der Waals surface area contributed by atoms with Crippen molar-refractivity contribution < 1.29 is 14.1 Å². The van der Waals surface area contributed by atoms with Gasteiger partial charge in [-0.3, -0.25) is 9.59 Å². The fraction of sp³-hybridized carbons (Fsp3) is 0.267. The van der Waals surface area contributed by atoms with Crippen LogP contribution in [0, 0.1) is 13.8 Å². The molecule has 0 saturated heterocycles. The van der Waals surface area contributed by atoms with Crippen LogP contribution >= 0.6 is 24.2 Å². The predicted octanol–water partition coefficient (Wildman–Crippen LogP) is 2.61. The van der Waals surface area contributed by atoms with Crippen LogP contribution in [0.1, 0.15) is 11.3 Å². The number of anilines is 3. The zero-order valence-corrected chi connectivity index (χ0v) is 14.9. The van der Waals surface area contributed by atoms with Crippen LogP contribution in [0.15, 0.2) is 28.8 Å². The minimum Gasteiger partial charge on any atom is -0.399 e. The standard InChI is InChI=1S/C15H18N4O3S.ClH/c1-9-3-4-11(16)6-12(9)17-14(20)7-23-8-15(21)18-13-5-10(2)22-19-13;/h3-6H,7-8,16H2,1-2H3,(H,17,20)(H,18,19,21);1H. The molecule has 0 aliphatic heterocycles. The van der Waals surface area contributed by atoms with Gasteiger partial charge in [0.15, 0.2) is 5.82 Å². The Labute approximate surface area is 150 Å². The predicted molar refractivity (Wildman–Crippen MR) is 98.7 cm³/mol. The molecule has 2 rings (SSSR count). The third kappa shape index (κ3) is 6.13. The molecule has 0 saturated carbocycles. The van der Waals surface area contributed by atoms with Gasteiger partial charge in [-0.25, -0.2) is 0 Å². The Balaban J connectivity index is 0.00000288. The monoisotopic (exact) mass is 370 g/mol. The van der Waals surface area contributed by atoms with Crippen molar-refractivity contribution in [2.45, 2.75) is 13.8 Å². The van der Waals surface area contributed by atoms with Gasteiger partial charge in [-0.1, -0.05) is 11.2 Å². The number of rotatable bonds is 6. The van der Waals surface area contributed by atoms with Crippen LogP contribution in [-0.4, -0.2) is 28.5 Å². The molecule has 0 radical (unpaired) electrons. The van der Waals surface area contributed by atoms with E-state index >= 15 is 0 Å². The molecule has 1 aromatic carbocycles. The number of benzene rings is 1. The Hall–Kier alpha value is -2.19. The lowest BCUT2D eigenvalue weighted by Crippen LogP contribution is -2.19. The molecule has 1 heterocycles. The number of thioether (sulfide) groups is 1. The number of nitrogens with one attached hydrogen (secondary N) is 2. The molecule has 1 aromatic heterocycles. The maximum absolute atomic E-state index is 11.9. The zero-order chi connectivity index (χ0) is 16.8. The minimum absolute atomic E-state index is 0. The van der Waals surface area contributed by atoms with E-state index in [-0.39, 0.29) is 35.7 Å². The van der Waals surface area contributed by atoms with Gasteiger partial charge in [-0.05, 0) is 31.5 Å². The van der Waals surface area contributed by atoms with Gasteiger partial charge < -0.3 is 20.9 Å². The van der Waals surface area contributed by atoms with Crippen molar-refractivity contribution in [2.24, 2.45) is 0 Å². The zero-order valence-electron chi connectivity index (χ0n) is 13.3. The van der Waals surface area contributed by atoms with E-state index in [2.05, 4.69) is 15.8 Å². The number of nitrogens with two attached hydrogens (primary N) is 1. The molecule has 4 N–H and O–H groups in total. The molecular weight excluding hydrogens is 352 g/mol. The maximum atomic E-state index is 11.9. The number of halogens is 1. The number of hydrogen-bond acceptors (Lipinski definition) is 6. The van der Waals surface area contributed by atoms with Gasteiger partial charge in [0.2, 0.25) is 11.8 Å². The highest BCUT2D eigenvalue weighted by molar-refractivity contribution is 8.00. The second-order valence-electron chi connectivity index (χ2n) is 4.99. The summed E-state index contributed by atoms with van der Waals surface area (Å²) < 4.78 is 4.85. The second kappa shape index (κ2) is 9.19. The number of carbonyl (C=O) groups excluding carboxylic acids is 2. The third-order valence-electron chi connectivity index (χ3n) is 2.90. The molecule has 7 nitrogen and oxygen atoms in total. The molecule has 0 spiro atoms. The van der Waals surface area contributed by atoms with E-state index in [1.807, 2.05) is 13.0 Å². The topological polar surface area (TPSA) is 110 Å². The van der Waals surface area contributed by atoms with Gasteiger partial charge in [-0.2, -0.15) is 0 Å². The van der Waals surface area contributed by atoms with Crippen LogP contribution in [0.2, 0.25) is 0 Å². The first-order valence-electron chi connectivity index (χ1n) is 6.91. The number of nitrogen functional groups attached to an aromatic ring is 1. The van der Waals surface area contributed by atoms with E-state index in [4.69, 9.17) is 10.3 Å². The van der Waals surface area contributed by atoms with Crippen LogP contribution in [-0.2, 0) is 9.59 Å². The fourth-order valence-electron chi connectivity index (χ4n) is 1.80. The quantitative estimate of drug-likeness (QED) is 0.674. The van der Waals surface area contributed by atoms with Crippen molar-refractivity contribution >= 4 is 53.2 Å². The molecule has 0 fully saturated rings. The number of aromatic nitrogens is 1. The SMILES string of the molecule is Cc1cc(NC(=O)CSCC(=O)Nc2cc(N)ccc2C)no1.Cl. The van der Waals surface area contributed by atoms with Gasteiger partial charge >= 0.3 is 0 Å². The second-order valence-corrected chi connectivity index (χ2v) is 5.97. The number of carbonyl (C=O) groups is 2. The molecular formula is C15H19ClN4O3S. The highest BCUT2D eigenvalue weighted by Gasteiger charge is 2.09. The summed E-state index contributed by atoms with van der Waals surface area (Å²) in [6.07, 6.45) is 0. The van der Waals surface area contributed by atoms with Crippen molar-refractivity contribution in [3.63, 3.8) is 0 Å². The van der Waals surface area contributed by atoms with E-state index in [1.165, 1.54) is 11.8 Å². The van der Waals surface area contributed by atoms with Crippen LogP contribution < -0.4 is 16.4 Å². The van der Waals surface area contributed by atoms with Crippen molar-refractivity contribution in [1.82, 2.24) is 5.16 Å². The Kier molecular flexibility index (Phi) is 7.60. The van der Waals surface area contributed by atoms with Crippen molar-refractivity contribution in [3.05, 3.63) is 35.6 Å². The van der Waals surface area contributed by atoms with Crippen molar-refractivity contribution in [2.75, 3.05) is 27.9 Å². The summed E-state index contributed by atoms with van der Waals surface area (Å²) in [6, 6.07) is 6.94. The van der Waals surface area contributed by atoms with E-state index in [0.29, 0.717) is 23.0 Å². The first-order valence-corrected chi connectivity index (χ1v) is 8.06. The van der Waals surface area contributed by atoms with Gasteiger partial charge in [0.25, 0.3) is 0 Å². The average Bonchev–Trinajstić information content (AvgIpc) is 2.88. The summed E-state index contributed by atoms with van der Waals surface area (Å²) in [7, 11) is 0. The van der Waals surface area contributed by atoms with Crippen molar-refractivity contribution in [3.8, 4) is 0 Å². The normalized spacial score (nSPS) is 9.92. The molecule has 0 aliphatic carbocycles. The molecule has 2 amide bonds. The average molecular weight is 371 g/mol. The molecule has 0 bridgehead atoms. The van der Waals surface area contributed by atoms with Gasteiger partial charge in [0.1, 0.15) is 5.76 Å². The highest BCUT2D eigenvalue weighted by Crippen LogP contribution is 2.18. The third-order valence-corrected chi connectivity index (χ3v) is 3.83. The maximum Gasteiger partial charge on any atom is 0.235 e. The summed E-state index contributed by atoms with van der Waals surface area (Å²) in [4.78, 5) is 23.6. The largest absolute Gasteiger partial charge is 0.399 e. The summed E-state index contributed by atoms with van der Waals surface area (Å²) in [6.45, 7) is 3.62. The summed E-state index contributed by atoms with van der Waals surface area (Å²) in [5.74, 6) is 0.872. The fourth-order valence-corrected chi connectivity index (χ4v) is 2.42. The van der Waals surface area contributed by atoms with Crippen LogP contribution in [0.25, 0.3) is 0 Å². The summed E-state index contributed by atoms with van der Waals surface area (Å²) >= 11 is 1.21. The van der Waals surface area contributed by atoms with Gasteiger partial charge in [0.05, 0.1) is 11.5 Å². The first kappa shape index (κ1) is 19.9. The molecule has 2 aromatic rings. The highest BCUT2D eigenvalue weighted by atomic mass is 35.5. The Morgan fingerprint density at radius 1 is 1.17 bits per heavy atom. The smallest absolute Gasteiger partial charge is 0.235 e. The Morgan fingerprint density at radius 3 is 2.46 bits per heavy atom. The van der Waals surface area contributed by atoms with Gasteiger partial charge in [-0.15, -0.1) is 24.2 Å². The Morgan fingerprint density at radius 2 is 1.83 bits per heavy atom. The lowest BCUT2D eigenvalue weighted by molar-refractivity contribution is -0.114. The molecule has 0 unspecified atom stereocenters. The first-order chi connectivity index (χ1) is 10.9. The Bertz CT molecular complexity index is 720. The molecule has 130 valence electrons. The van der Waals surface area contributed by atoms with Crippen LogP contribution in [0.3, 0.4) is 0 Å². The number of amides is 2. The molecule has 24 heavy (non-hydrogen) atoms. The molecule has 0 atom stereocenters. The number of nitrogens with zero attached hydrogens (tertiary/aromatic N) is 1. The molecule has 9 heteroatoms.